The second-order valence-corrected chi connectivity index (χ2v) is 5.43. The van der Waals surface area contributed by atoms with Gasteiger partial charge >= 0.3 is 5.69 Å². The van der Waals surface area contributed by atoms with Gasteiger partial charge in [-0.2, -0.15) is 4.98 Å². The van der Waals surface area contributed by atoms with E-state index in [9.17, 15) is 14.7 Å². The highest BCUT2D eigenvalue weighted by Gasteiger charge is 2.19. The molecule has 8 nitrogen and oxygen atoms in total. The van der Waals surface area contributed by atoms with Gasteiger partial charge in [-0.1, -0.05) is 12.2 Å². The Kier molecular flexibility index (Phi) is 3.69. The average Bonchev–Trinajstić information content (AvgIpc) is 3.02. The molecule has 0 saturated heterocycles. The van der Waals surface area contributed by atoms with Crippen molar-refractivity contribution in [2.45, 2.75) is 26.9 Å². The Morgan fingerprint density at radius 1 is 1.30 bits per heavy atom. The lowest BCUT2D eigenvalue weighted by Crippen LogP contribution is -2.39. The molecule has 122 valence electrons. The highest BCUT2D eigenvalue weighted by atomic mass is 16.3. The molecule has 0 bridgehead atoms. The van der Waals surface area contributed by atoms with E-state index in [1.165, 1.54) is 9.13 Å². The lowest BCUT2D eigenvalue weighted by atomic mass is 10.4. The molecule has 3 rings (SSSR count). The minimum atomic E-state index is -0.396. The highest BCUT2D eigenvalue weighted by Crippen LogP contribution is 2.15. The highest BCUT2D eigenvalue weighted by molar-refractivity contribution is 5.75. The summed E-state index contributed by atoms with van der Waals surface area (Å²) < 4.78 is 6.08. The smallest absolute Gasteiger partial charge is 0.332 e. The van der Waals surface area contributed by atoms with E-state index >= 15 is 0 Å². The molecule has 0 unspecified atom stereocenters. The van der Waals surface area contributed by atoms with E-state index < -0.39 is 5.69 Å². The summed E-state index contributed by atoms with van der Waals surface area (Å²) in [7, 11) is 1.60. The Morgan fingerprint density at radius 3 is 2.70 bits per heavy atom. The van der Waals surface area contributed by atoms with Crippen molar-refractivity contribution in [3.8, 4) is 0 Å². The number of rotatable bonds is 4. The molecule has 3 heterocycles. The van der Waals surface area contributed by atoms with Crippen molar-refractivity contribution >= 4 is 16.9 Å². The zero-order valence-corrected chi connectivity index (χ0v) is 13.4. The summed E-state index contributed by atoms with van der Waals surface area (Å²) >= 11 is 0. The van der Waals surface area contributed by atoms with Gasteiger partial charge in [0, 0.05) is 32.0 Å². The molecular formula is C15H19N5O3. The van der Waals surface area contributed by atoms with Crippen molar-refractivity contribution in [2.24, 2.45) is 7.05 Å². The van der Waals surface area contributed by atoms with Crippen molar-refractivity contribution in [1.82, 2.24) is 23.1 Å². The Morgan fingerprint density at radius 2 is 2.04 bits per heavy atom. The second kappa shape index (κ2) is 5.54. The first-order chi connectivity index (χ1) is 11.0. The summed E-state index contributed by atoms with van der Waals surface area (Å²) in [6.07, 6.45) is 5.35. The fraction of sp³-hybridized carbons (Fsp3) is 0.400. The van der Waals surface area contributed by atoms with Gasteiger partial charge in [0.25, 0.3) is 5.56 Å². The number of aliphatic hydroxyl groups excluding tert-OH is 1. The Bertz CT molecular complexity index is 1030. The number of aliphatic hydroxyl groups is 1. The molecule has 1 N–H and O–H groups in total. The van der Waals surface area contributed by atoms with Gasteiger partial charge in [-0.05, 0) is 13.8 Å². The van der Waals surface area contributed by atoms with Crippen LogP contribution in [0.3, 0.4) is 0 Å². The van der Waals surface area contributed by atoms with Gasteiger partial charge in [-0.3, -0.25) is 18.3 Å². The van der Waals surface area contributed by atoms with E-state index in [0.717, 1.165) is 5.69 Å². The maximum absolute atomic E-state index is 12.8. The summed E-state index contributed by atoms with van der Waals surface area (Å²) in [5, 5.41) is 9.20. The first-order valence-electron chi connectivity index (χ1n) is 7.41. The quantitative estimate of drug-likeness (QED) is 0.688. The SMILES string of the molecule is C/C=C/Cn1c(=O)c2c(nc3n(CCO)c(C)cn23)n(C)c1=O. The van der Waals surface area contributed by atoms with E-state index in [1.54, 1.807) is 29.8 Å². The van der Waals surface area contributed by atoms with Crippen LogP contribution in [-0.2, 0) is 20.1 Å². The van der Waals surface area contributed by atoms with Crippen molar-refractivity contribution in [2.75, 3.05) is 6.61 Å². The standard InChI is InChI=1S/C15H19N5O3/c1-4-5-6-19-13(22)11-12(17(3)15(19)23)16-14-18(7-8-21)10(2)9-20(11)14/h4-5,9,21H,6-8H2,1-3H3/b5-4+. The lowest BCUT2D eigenvalue weighted by Gasteiger charge is -2.05. The molecule has 0 aromatic carbocycles. The minimum Gasteiger partial charge on any atom is -0.395 e. The molecule has 0 atom stereocenters. The molecule has 0 aliphatic carbocycles. The average molecular weight is 317 g/mol. The van der Waals surface area contributed by atoms with Gasteiger partial charge in [-0.25, -0.2) is 4.79 Å². The third-order valence-electron chi connectivity index (χ3n) is 3.99. The normalized spacial score (nSPS) is 12.2. The number of aryl methyl sites for hydroxylation is 2. The number of fused-ring (bicyclic) bond motifs is 3. The van der Waals surface area contributed by atoms with Crippen molar-refractivity contribution < 1.29 is 5.11 Å². The molecule has 0 aliphatic heterocycles. The third-order valence-corrected chi connectivity index (χ3v) is 3.99. The van der Waals surface area contributed by atoms with Gasteiger partial charge in [-0.15, -0.1) is 0 Å². The van der Waals surface area contributed by atoms with E-state index in [2.05, 4.69) is 4.98 Å². The summed E-state index contributed by atoms with van der Waals surface area (Å²) in [4.78, 5) is 29.6. The van der Waals surface area contributed by atoms with Gasteiger partial charge < -0.3 is 9.67 Å². The van der Waals surface area contributed by atoms with Crippen molar-refractivity contribution in [1.29, 1.82) is 0 Å². The molecule has 0 saturated carbocycles. The molecule has 23 heavy (non-hydrogen) atoms. The van der Waals surface area contributed by atoms with E-state index in [0.29, 0.717) is 23.5 Å². The van der Waals surface area contributed by atoms with E-state index in [-0.39, 0.29) is 18.7 Å². The molecule has 0 amide bonds. The van der Waals surface area contributed by atoms with E-state index in [4.69, 9.17) is 0 Å². The largest absolute Gasteiger partial charge is 0.395 e. The molecule has 0 radical (unpaired) electrons. The molecule has 0 aliphatic rings. The predicted octanol–water partition coefficient (Wildman–Crippen LogP) is 0.0262. The lowest BCUT2D eigenvalue weighted by molar-refractivity contribution is 0.276. The molecular weight excluding hydrogens is 298 g/mol. The first kappa shape index (κ1) is 15.3. The topological polar surface area (TPSA) is 86.5 Å². The number of nitrogens with zero attached hydrogens (tertiary/aromatic N) is 5. The number of allylic oxidation sites excluding steroid dienone is 2. The molecule has 3 aromatic rings. The second-order valence-electron chi connectivity index (χ2n) is 5.43. The zero-order valence-electron chi connectivity index (χ0n) is 13.4. The van der Waals surface area contributed by atoms with Gasteiger partial charge in [0.15, 0.2) is 11.2 Å². The molecule has 3 aromatic heterocycles. The predicted molar refractivity (Wildman–Crippen MR) is 86.8 cm³/mol. The van der Waals surface area contributed by atoms with Crippen LogP contribution in [-0.4, -0.2) is 34.8 Å². The van der Waals surface area contributed by atoms with Crippen molar-refractivity contribution in [3.63, 3.8) is 0 Å². The maximum Gasteiger partial charge on any atom is 0.332 e. The Hall–Kier alpha value is -2.61. The molecule has 0 fully saturated rings. The van der Waals surface area contributed by atoms with Crippen molar-refractivity contribution in [3.05, 3.63) is 44.9 Å². The number of hydrogen-bond acceptors (Lipinski definition) is 4. The fourth-order valence-electron chi connectivity index (χ4n) is 2.80. The number of aromatic nitrogens is 5. The third kappa shape index (κ3) is 2.14. The van der Waals surface area contributed by atoms with Crippen LogP contribution in [0.5, 0.6) is 0 Å². The van der Waals surface area contributed by atoms with Crippen LogP contribution in [0.2, 0.25) is 0 Å². The van der Waals surface area contributed by atoms with Crippen LogP contribution in [0.1, 0.15) is 12.6 Å². The summed E-state index contributed by atoms with van der Waals surface area (Å²) in [5.74, 6) is 0.544. The fourth-order valence-corrected chi connectivity index (χ4v) is 2.80. The summed E-state index contributed by atoms with van der Waals surface area (Å²) in [5.41, 5.74) is 0.836. The Balaban J connectivity index is 2.45. The van der Waals surface area contributed by atoms with Gasteiger partial charge in [0.1, 0.15) is 0 Å². The number of imidazole rings is 2. The number of hydrogen-bond donors (Lipinski definition) is 1. The van der Waals surface area contributed by atoms with Crippen LogP contribution < -0.4 is 11.2 Å². The summed E-state index contributed by atoms with van der Waals surface area (Å²) in [6, 6.07) is 0. The van der Waals surface area contributed by atoms with Crippen LogP contribution in [0.25, 0.3) is 16.9 Å². The molecule has 8 heteroatoms. The minimum absolute atomic E-state index is 0.0289. The van der Waals surface area contributed by atoms with Gasteiger partial charge in [0.05, 0.1) is 6.61 Å². The van der Waals surface area contributed by atoms with Crippen LogP contribution in [0, 0.1) is 6.92 Å². The zero-order chi connectivity index (χ0) is 16.7. The maximum atomic E-state index is 12.8. The van der Waals surface area contributed by atoms with E-state index in [1.807, 2.05) is 18.4 Å². The monoisotopic (exact) mass is 317 g/mol. The first-order valence-corrected chi connectivity index (χ1v) is 7.41. The molecule has 0 spiro atoms. The summed E-state index contributed by atoms with van der Waals surface area (Å²) in [6.45, 7) is 4.30. The van der Waals surface area contributed by atoms with Gasteiger partial charge in [0.2, 0.25) is 5.78 Å². The van der Waals surface area contributed by atoms with Crippen LogP contribution >= 0.6 is 0 Å². The van der Waals surface area contributed by atoms with Crippen LogP contribution in [0.4, 0.5) is 0 Å². The van der Waals surface area contributed by atoms with Crippen LogP contribution in [0.15, 0.2) is 27.9 Å². The Labute approximate surface area is 131 Å².